The van der Waals surface area contributed by atoms with Gasteiger partial charge in [0, 0.05) is 6.47 Å². The summed E-state index contributed by atoms with van der Waals surface area (Å²) >= 11 is 0. The number of carbonyl (C=O) groups excluding carboxylic acids is 1. The predicted octanol–water partition coefficient (Wildman–Crippen LogP) is -0.141. The van der Waals surface area contributed by atoms with Crippen molar-refractivity contribution in [1.29, 1.82) is 0 Å². The van der Waals surface area contributed by atoms with E-state index in [1.807, 2.05) is 0 Å². The highest BCUT2D eigenvalue weighted by Gasteiger charge is 2.22. The Kier molecular flexibility index (Phi) is 4.90. The molecule has 0 aromatic heterocycles. The molecule has 0 spiro atoms. The first kappa shape index (κ1) is 11.4. The van der Waals surface area contributed by atoms with Crippen molar-refractivity contribution in [2.45, 2.75) is 19.8 Å². The zero-order valence-electron chi connectivity index (χ0n) is 8.25. The van der Waals surface area contributed by atoms with Gasteiger partial charge in [0.05, 0.1) is 27.2 Å². The van der Waals surface area contributed by atoms with E-state index in [2.05, 4.69) is 21.0 Å². The molecule has 0 atom stereocenters. The quantitative estimate of drug-likeness (QED) is 0.378. The molecule has 1 saturated heterocycles. The number of carboxylic acid groups (broad SMARTS) is 1. The van der Waals surface area contributed by atoms with Crippen LogP contribution in [0.4, 0.5) is 0 Å². The molecule has 0 N–H and O–H groups in total. The molecular weight excluding hydrogens is 154 g/mol. The first-order chi connectivity index (χ1) is 5.52. The highest BCUT2D eigenvalue weighted by atomic mass is 16.3. The lowest BCUT2D eigenvalue weighted by Gasteiger charge is -2.35. The van der Waals surface area contributed by atoms with E-state index in [9.17, 15) is 0 Å². The second kappa shape index (κ2) is 5.14. The monoisotopic (exact) mass is 173 g/mol. The fourth-order valence-electron chi connectivity index (χ4n) is 1.40. The summed E-state index contributed by atoms with van der Waals surface area (Å²) in [6.07, 6.45) is 2.85. The Bertz CT molecular complexity index is 124. The maximum absolute atomic E-state index is 8.25. The van der Waals surface area contributed by atoms with Gasteiger partial charge in [-0.2, -0.15) is 0 Å². The van der Waals surface area contributed by atoms with Gasteiger partial charge in [0.2, 0.25) is 0 Å². The van der Waals surface area contributed by atoms with Crippen molar-refractivity contribution in [1.82, 2.24) is 0 Å². The lowest BCUT2D eigenvalue weighted by molar-refractivity contribution is -0.896. The molecule has 1 aliphatic heterocycles. The Morgan fingerprint density at radius 1 is 1.33 bits per heavy atom. The first-order valence-corrected chi connectivity index (χ1v) is 4.39. The largest absolute Gasteiger partial charge is 0.554 e. The molecule has 0 aromatic carbocycles. The van der Waals surface area contributed by atoms with Gasteiger partial charge in [-0.3, -0.25) is 0 Å². The van der Waals surface area contributed by atoms with E-state index in [0.717, 1.165) is 5.92 Å². The van der Waals surface area contributed by atoms with Crippen molar-refractivity contribution < 1.29 is 14.4 Å². The van der Waals surface area contributed by atoms with Crippen LogP contribution in [-0.4, -0.2) is 38.1 Å². The normalized spacial score (nSPS) is 22.2. The number of piperidine rings is 1. The molecule has 0 radical (unpaired) electrons. The number of hydrogen-bond acceptors (Lipinski definition) is 2. The highest BCUT2D eigenvalue weighted by molar-refractivity contribution is 5.29. The molecule has 0 amide bonds. The van der Waals surface area contributed by atoms with E-state index in [-0.39, 0.29) is 0 Å². The average Bonchev–Trinajstić information content (AvgIpc) is 1.98. The number of carbonyl (C=O) groups is 1. The van der Waals surface area contributed by atoms with E-state index in [4.69, 9.17) is 9.90 Å². The van der Waals surface area contributed by atoms with Crippen LogP contribution in [0.1, 0.15) is 19.8 Å². The van der Waals surface area contributed by atoms with Crippen molar-refractivity contribution in [3.05, 3.63) is 0 Å². The van der Waals surface area contributed by atoms with Crippen LogP contribution in [0.2, 0.25) is 0 Å². The molecule has 3 nitrogen and oxygen atoms in total. The molecule has 0 bridgehead atoms. The summed E-state index contributed by atoms with van der Waals surface area (Å²) in [7, 11) is 4.65. The molecule has 0 saturated carbocycles. The van der Waals surface area contributed by atoms with Gasteiger partial charge >= 0.3 is 0 Å². The van der Waals surface area contributed by atoms with Crippen LogP contribution in [0.5, 0.6) is 0 Å². The van der Waals surface area contributed by atoms with Crippen molar-refractivity contribution in [3.8, 4) is 0 Å². The lowest BCUT2D eigenvalue weighted by atomic mass is 9.98. The standard InChI is InChI=1S/C8H18N.CH2O2/c1-8-4-6-9(2,3)7-5-8;2-1-3/h8H,4-7H2,1-3H3;1H,(H,2,3)/q+1;/p-1. The van der Waals surface area contributed by atoms with Crippen LogP contribution in [0.3, 0.4) is 0 Å². The fraction of sp³-hybridized carbons (Fsp3) is 0.889. The Morgan fingerprint density at radius 3 is 1.92 bits per heavy atom. The van der Waals surface area contributed by atoms with Crippen molar-refractivity contribution in [3.63, 3.8) is 0 Å². The Morgan fingerprint density at radius 2 is 1.67 bits per heavy atom. The van der Waals surface area contributed by atoms with Gasteiger partial charge in [0.1, 0.15) is 0 Å². The number of hydrogen-bond donors (Lipinski definition) is 0. The second-order valence-electron chi connectivity index (χ2n) is 4.16. The van der Waals surface area contributed by atoms with Gasteiger partial charge in [0.15, 0.2) is 0 Å². The average molecular weight is 173 g/mol. The van der Waals surface area contributed by atoms with Crippen LogP contribution in [0.15, 0.2) is 0 Å². The smallest absolute Gasteiger partial charge is 0.0785 e. The summed E-state index contributed by atoms with van der Waals surface area (Å²) in [6, 6.07) is 0. The van der Waals surface area contributed by atoms with Crippen LogP contribution in [-0.2, 0) is 4.79 Å². The fourth-order valence-corrected chi connectivity index (χ4v) is 1.40. The van der Waals surface area contributed by atoms with Gasteiger partial charge in [-0.1, -0.05) is 6.92 Å². The van der Waals surface area contributed by atoms with Crippen molar-refractivity contribution >= 4 is 6.47 Å². The molecule has 0 aliphatic carbocycles. The summed E-state index contributed by atoms with van der Waals surface area (Å²) in [6.45, 7) is 4.61. The van der Waals surface area contributed by atoms with Gasteiger partial charge < -0.3 is 14.4 Å². The molecule has 72 valence electrons. The molecule has 1 fully saturated rings. The third-order valence-corrected chi connectivity index (χ3v) is 2.45. The van der Waals surface area contributed by atoms with Gasteiger partial charge in [-0.15, -0.1) is 0 Å². The minimum atomic E-state index is -0.500. The minimum Gasteiger partial charge on any atom is -0.554 e. The Balaban J connectivity index is 0.000000354. The van der Waals surface area contributed by atoms with Gasteiger partial charge in [-0.25, -0.2) is 0 Å². The summed E-state index contributed by atoms with van der Waals surface area (Å²) in [5, 5.41) is 8.25. The zero-order chi connectivity index (χ0) is 9.61. The Labute approximate surface area is 74.6 Å². The van der Waals surface area contributed by atoms with E-state index in [1.165, 1.54) is 30.4 Å². The van der Waals surface area contributed by atoms with Crippen LogP contribution < -0.4 is 5.11 Å². The number of quaternary nitrogens is 1. The zero-order valence-corrected chi connectivity index (χ0v) is 8.25. The molecule has 1 heterocycles. The Hall–Kier alpha value is -0.570. The van der Waals surface area contributed by atoms with E-state index in [1.54, 1.807) is 0 Å². The molecule has 1 rings (SSSR count). The maximum atomic E-state index is 8.25. The second-order valence-corrected chi connectivity index (χ2v) is 4.16. The topological polar surface area (TPSA) is 40.1 Å². The van der Waals surface area contributed by atoms with E-state index in [0.29, 0.717) is 0 Å². The number of rotatable bonds is 0. The van der Waals surface area contributed by atoms with Crippen molar-refractivity contribution in [2.24, 2.45) is 5.92 Å². The van der Waals surface area contributed by atoms with E-state index >= 15 is 0 Å². The van der Waals surface area contributed by atoms with E-state index < -0.39 is 6.47 Å². The third-order valence-electron chi connectivity index (χ3n) is 2.45. The van der Waals surface area contributed by atoms with Crippen molar-refractivity contribution in [2.75, 3.05) is 27.2 Å². The molecule has 0 unspecified atom stereocenters. The SMILES string of the molecule is CC1CC[N+](C)(C)CC1.O=C[O-]. The maximum Gasteiger partial charge on any atom is 0.0785 e. The molecule has 3 heteroatoms. The van der Waals surface area contributed by atoms with Crippen LogP contribution in [0, 0.1) is 5.92 Å². The summed E-state index contributed by atoms with van der Waals surface area (Å²) in [5.41, 5.74) is 0. The molecular formula is C9H19NO2. The van der Waals surface area contributed by atoms with Gasteiger partial charge in [0.25, 0.3) is 0 Å². The van der Waals surface area contributed by atoms with Gasteiger partial charge in [-0.05, 0) is 18.8 Å². The molecule has 0 aromatic rings. The third kappa shape index (κ3) is 5.13. The summed E-state index contributed by atoms with van der Waals surface area (Å²) < 4.78 is 1.24. The van der Waals surface area contributed by atoms with Crippen LogP contribution in [0.25, 0.3) is 0 Å². The summed E-state index contributed by atoms with van der Waals surface area (Å²) in [5.74, 6) is 0.983. The number of likely N-dealkylation sites (tertiary alicyclic amines) is 1. The van der Waals surface area contributed by atoms with Crippen LogP contribution >= 0.6 is 0 Å². The highest BCUT2D eigenvalue weighted by Crippen LogP contribution is 2.18. The minimum absolute atomic E-state index is 0.500. The summed E-state index contributed by atoms with van der Waals surface area (Å²) in [4.78, 5) is 8.25. The molecule has 1 aliphatic rings. The molecule has 12 heavy (non-hydrogen) atoms. The lowest BCUT2D eigenvalue weighted by Crippen LogP contribution is -2.45. The number of nitrogens with zero attached hydrogens (tertiary/aromatic N) is 1. The predicted molar refractivity (Wildman–Crippen MR) is 46.3 cm³/mol. The first-order valence-electron chi connectivity index (χ1n) is 4.39.